The number of aliphatic carboxylic acids is 1. The van der Waals surface area contributed by atoms with Gasteiger partial charge in [-0.15, -0.1) is 0 Å². The van der Waals surface area contributed by atoms with E-state index in [2.05, 4.69) is 10.1 Å². The van der Waals surface area contributed by atoms with Crippen LogP contribution in [0.2, 0.25) is 0 Å². The first-order valence-electron chi connectivity index (χ1n) is 5.22. The largest absolute Gasteiger partial charge is 0.481 e. The van der Waals surface area contributed by atoms with Gasteiger partial charge in [0.2, 0.25) is 0 Å². The van der Waals surface area contributed by atoms with Crippen molar-refractivity contribution in [3.05, 3.63) is 29.7 Å². The van der Waals surface area contributed by atoms with Gasteiger partial charge in [0.1, 0.15) is 0 Å². The van der Waals surface area contributed by atoms with Gasteiger partial charge in [0.05, 0.1) is 5.92 Å². The fraction of sp³-hybridized carbons (Fsp3) is 0.364. The SMILES string of the molecule is Cc1cccc2nc(C3CC3C(=O)O)nn12. The summed E-state index contributed by atoms with van der Waals surface area (Å²) in [5.74, 6) is -0.392. The van der Waals surface area contributed by atoms with Gasteiger partial charge in [-0.2, -0.15) is 5.10 Å². The number of carboxylic acid groups (broad SMARTS) is 1. The quantitative estimate of drug-likeness (QED) is 0.821. The molecule has 0 aliphatic heterocycles. The normalized spacial score (nSPS) is 23.6. The van der Waals surface area contributed by atoms with Gasteiger partial charge >= 0.3 is 5.97 Å². The van der Waals surface area contributed by atoms with E-state index in [1.165, 1.54) is 0 Å². The number of carboxylic acids is 1. The molecule has 0 aromatic carbocycles. The summed E-state index contributed by atoms with van der Waals surface area (Å²) in [4.78, 5) is 15.1. The second-order valence-corrected chi connectivity index (χ2v) is 4.19. The molecule has 5 heteroatoms. The lowest BCUT2D eigenvalue weighted by atomic mass is 10.3. The lowest BCUT2D eigenvalue weighted by molar-refractivity contribution is -0.138. The predicted octanol–water partition coefficient (Wildman–Crippen LogP) is 1.23. The molecule has 5 nitrogen and oxygen atoms in total. The number of carbonyl (C=O) groups is 1. The second-order valence-electron chi connectivity index (χ2n) is 4.19. The van der Waals surface area contributed by atoms with Crippen molar-refractivity contribution < 1.29 is 9.90 Å². The van der Waals surface area contributed by atoms with E-state index < -0.39 is 5.97 Å². The van der Waals surface area contributed by atoms with Crippen LogP contribution in [-0.4, -0.2) is 25.7 Å². The summed E-state index contributed by atoms with van der Waals surface area (Å²) < 4.78 is 1.76. The molecular weight excluding hydrogens is 206 g/mol. The van der Waals surface area contributed by atoms with Crippen LogP contribution in [0.3, 0.4) is 0 Å². The zero-order chi connectivity index (χ0) is 11.3. The molecule has 2 atom stereocenters. The molecule has 3 rings (SSSR count). The molecule has 2 aromatic rings. The van der Waals surface area contributed by atoms with Gasteiger partial charge in [0.15, 0.2) is 11.5 Å². The Morgan fingerprint density at radius 1 is 1.56 bits per heavy atom. The maximum absolute atomic E-state index is 10.8. The fourth-order valence-corrected chi connectivity index (χ4v) is 1.96. The summed E-state index contributed by atoms with van der Waals surface area (Å²) in [5, 5.41) is 13.2. The highest BCUT2D eigenvalue weighted by Crippen LogP contribution is 2.46. The van der Waals surface area contributed by atoms with Gasteiger partial charge in [-0.05, 0) is 25.5 Å². The molecular formula is C11H11N3O2. The van der Waals surface area contributed by atoms with E-state index in [1.54, 1.807) is 4.52 Å². The van der Waals surface area contributed by atoms with Crippen LogP contribution < -0.4 is 0 Å². The molecule has 2 unspecified atom stereocenters. The molecule has 0 radical (unpaired) electrons. The summed E-state index contributed by atoms with van der Waals surface area (Å²) in [6.45, 7) is 1.95. The number of pyridine rings is 1. The Bertz CT molecular complexity index is 576. The van der Waals surface area contributed by atoms with E-state index in [9.17, 15) is 4.79 Å². The third kappa shape index (κ3) is 1.28. The zero-order valence-electron chi connectivity index (χ0n) is 8.79. The molecule has 2 heterocycles. The first-order valence-corrected chi connectivity index (χ1v) is 5.22. The number of fused-ring (bicyclic) bond motifs is 1. The maximum Gasteiger partial charge on any atom is 0.307 e. The molecule has 0 bridgehead atoms. The van der Waals surface area contributed by atoms with Gasteiger partial charge in [-0.3, -0.25) is 4.79 Å². The topological polar surface area (TPSA) is 67.5 Å². The van der Waals surface area contributed by atoms with Crippen molar-refractivity contribution in [2.24, 2.45) is 5.92 Å². The lowest BCUT2D eigenvalue weighted by Gasteiger charge is -1.94. The summed E-state index contributed by atoms with van der Waals surface area (Å²) in [5.41, 5.74) is 1.79. The van der Waals surface area contributed by atoms with Gasteiger partial charge in [0, 0.05) is 11.6 Å². The second kappa shape index (κ2) is 3.04. The molecule has 0 amide bonds. The highest BCUT2D eigenvalue weighted by atomic mass is 16.4. The van der Waals surface area contributed by atoms with Gasteiger partial charge in [-0.1, -0.05) is 6.07 Å². The number of aryl methyl sites for hydroxylation is 1. The molecule has 82 valence electrons. The first-order chi connectivity index (χ1) is 7.66. The Balaban J connectivity index is 2.01. The molecule has 0 saturated heterocycles. The van der Waals surface area contributed by atoms with Crippen molar-refractivity contribution >= 4 is 11.6 Å². The van der Waals surface area contributed by atoms with Crippen LogP contribution in [0.15, 0.2) is 18.2 Å². The first kappa shape index (κ1) is 9.33. The molecule has 16 heavy (non-hydrogen) atoms. The minimum Gasteiger partial charge on any atom is -0.481 e. The molecule has 1 aliphatic rings. The Labute approximate surface area is 91.7 Å². The number of aromatic nitrogens is 3. The summed E-state index contributed by atoms with van der Waals surface area (Å²) in [7, 11) is 0. The van der Waals surface area contributed by atoms with Gasteiger partial charge in [0.25, 0.3) is 0 Å². The van der Waals surface area contributed by atoms with Gasteiger partial charge < -0.3 is 5.11 Å². The van der Waals surface area contributed by atoms with E-state index in [4.69, 9.17) is 5.11 Å². The third-order valence-corrected chi connectivity index (χ3v) is 3.00. The Morgan fingerprint density at radius 2 is 2.38 bits per heavy atom. The molecule has 1 aliphatic carbocycles. The molecule has 1 fully saturated rings. The predicted molar refractivity (Wildman–Crippen MR) is 56.2 cm³/mol. The Morgan fingerprint density at radius 3 is 3.00 bits per heavy atom. The van der Waals surface area contributed by atoms with Crippen LogP contribution in [0.25, 0.3) is 5.65 Å². The molecule has 1 saturated carbocycles. The number of rotatable bonds is 2. The van der Waals surface area contributed by atoms with Crippen LogP contribution >= 0.6 is 0 Å². The molecule has 1 N–H and O–H groups in total. The van der Waals surface area contributed by atoms with Crippen LogP contribution in [0.1, 0.15) is 23.9 Å². The zero-order valence-corrected chi connectivity index (χ0v) is 8.79. The minimum atomic E-state index is -0.749. The fourth-order valence-electron chi connectivity index (χ4n) is 1.96. The smallest absolute Gasteiger partial charge is 0.307 e. The summed E-state index contributed by atoms with van der Waals surface area (Å²) in [6.07, 6.45) is 0.658. The van der Waals surface area contributed by atoms with Crippen molar-refractivity contribution in [2.75, 3.05) is 0 Å². The standard InChI is InChI=1S/C11H11N3O2/c1-6-3-2-4-9-12-10(13-14(6)9)7-5-8(7)11(15)16/h2-4,7-8H,5H2,1H3,(H,15,16). The van der Waals surface area contributed by atoms with Gasteiger partial charge in [-0.25, -0.2) is 9.50 Å². The van der Waals surface area contributed by atoms with E-state index in [0.717, 1.165) is 11.3 Å². The summed E-state index contributed by atoms with van der Waals surface area (Å²) in [6, 6.07) is 5.75. The van der Waals surface area contributed by atoms with E-state index in [1.807, 2.05) is 25.1 Å². The third-order valence-electron chi connectivity index (χ3n) is 3.00. The Hall–Kier alpha value is -1.91. The number of hydrogen-bond acceptors (Lipinski definition) is 3. The number of hydrogen-bond donors (Lipinski definition) is 1. The lowest BCUT2D eigenvalue weighted by Crippen LogP contribution is -2.00. The van der Waals surface area contributed by atoms with Crippen molar-refractivity contribution in [2.45, 2.75) is 19.3 Å². The molecule has 0 spiro atoms. The minimum absolute atomic E-state index is 0.00296. The van der Waals surface area contributed by atoms with Crippen molar-refractivity contribution in [3.63, 3.8) is 0 Å². The maximum atomic E-state index is 10.8. The Kier molecular flexibility index (Phi) is 1.77. The average molecular weight is 217 g/mol. The number of nitrogens with zero attached hydrogens (tertiary/aromatic N) is 3. The highest BCUT2D eigenvalue weighted by Gasteiger charge is 2.46. The average Bonchev–Trinajstić information content (AvgIpc) is 2.92. The van der Waals surface area contributed by atoms with E-state index in [0.29, 0.717) is 12.2 Å². The van der Waals surface area contributed by atoms with Crippen molar-refractivity contribution in [3.8, 4) is 0 Å². The van der Waals surface area contributed by atoms with Crippen LogP contribution in [-0.2, 0) is 4.79 Å². The van der Waals surface area contributed by atoms with Crippen LogP contribution in [0.5, 0.6) is 0 Å². The molecule has 2 aromatic heterocycles. The van der Waals surface area contributed by atoms with Crippen molar-refractivity contribution in [1.82, 2.24) is 14.6 Å². The van der Waals surface area contributed by atoms with Crippen LogP contribution in [0, 0.1) is 12.8 Å². The monoisotopic (exact) mass is 217 g/mol. The van der Waals surface area contributed by atoms with Crippen molar-refractivity contribution in [1.29, 1.82) is 0 Å². The van der Waals surface area contributed by atoms with Crippen LogP contribution in [0.4, 0.5) is 0 Å². The van der Waals surface area contributed by atoms with E-state index in [-0.39, 0.29) is 11.8 Å². The summed E-state index contributed by atoms with van der Waals surface area (Å²) >= 11 is 0. The highest BCUT2D eigenvalue weighted by molar-refractivity contribution is 5.74. The van der Waals surface area contributed by atoms with E-state index >= 15 is 0 Å².